The number of nitriles is 1. The van der Waals surface area contributed by atoms with Gasteiger partial charge in [0.25, 0.3) is 0 Å². The standard InChI is InChI=1S/C23H27N3S/c1-14(2)16-10-11-17(12-16)27-26-15(3)25-23-20-8-4-6-18(20)22(13-24)19-7-5-9-21(19)23/h10,12,14,25-26H,3-9,11H2,1-2H3. The first kappa shape index (κ1) is 18.3. The summed E-state index contributed by atoms with van der Waals surface area (Å²) in [5.74, 6) is 1.40. The van der Waals surface area contributed by atoms with Crippen molar-refractivity contribution in [1.29, 1.82) is 5.26 Å². The van der Waals surface area contributed by atoms with Gasteiger partial charge in [0.15, 0.2) is 0 Å². The molecule has 4 rings (SSSR count). The van der Waals surface area contributed by atoms with E-state index >= 15 is 0 Å². The molecule has 0 saturated heterocycles. The highest BCUT2D eigenvalue weighted by atomic mass is 32.2. The molecule has 0 aliphatic heterocycles. The molecule has 0 unspecified atom stereocenters. The van der Waals surface area contributed by atoms with E-state index in [-0.39, 0.29) is 0 Å². The van der Waals surface area contributed by atoms with Crippen LogP contribution in [0.2, 0.25) is 0 Å². The van der Waals surface area contributed by atoms with Crippen molar-refractivity contribution in [3.8, 4) is 6.07 Å². The molecule has 4 heteroatoms. The molecule has 0 radical (unpaired) electrons. The molecule has 0 fully saturated rings. The fourth-order valence-corrected chi connectivity index (χ4v) is 5.21. The van der Waals surface area contributed by atoms with Crippen molar-refractivity contribution < 1.29 is 0 Å². The van der Waals surface area contributed by atoms with E-state index < -0.39 is 0 Å². The summed E-state index contributed by atoms with van der Waals surface area (Å²) in [5.41, 5.74) is 8.88. The van der Waals surface area contributed by atoms with E-state index in [1.54, 1.807) is 11.9 Å². The zero-order valence-electron chi connectivity index (χ0n) is 16.2. The lowest BCUT2D eigenvalue weighted by molar-refractivity contribution is 0.793. The van der Waals surface area contributed by atoms with Crippen molar-refractivity contribution in [1.82, 2.24) is 4.72 Å². The first-order valence-corrected chi connectivity index (χ1v) is 10.8. The number of benzene rings is 1. The molecule has 1 aromatic carbocycles. The van der Waals surface area contributed by atoms with Gasteiger partial charge in [-0.3, -0.25) is 0 Å². The van der Waals surface area contributed by atoms with Crippen LogP contribution in [0.1, 0.15) is 60.9 Å². The van der Waals surface area contributed by atoms with E-state index in [9.17, 15) is 5.26 Å². The van der Waals surface area contributed by atoms with Crippen LogP contribution in [0.5, 0.6) is 0 Å². The van der Waals surface area contributed by atoms with Crippen LogP contribution in [0.25, 0.3) is 0 Å². The van der Waals surface area contributed by atoms with E-state index in [1.165, 1.54) is 38.4 Å². The van der Waals surface area contributed by atoms with Gasteiger partial charge in [0.2, 0.25) is 0 Å². The van der Waals surface area contributed by atoms with Crippen molar-refractivity contribution in [2.24, 2.45) is 5.92 Å². The second-order valence-corrected chi connectivity index (χ2v) is 8.90. The number of anilines is 1. The number of hydrogen-bond donors (Lipinski definition) is 2. The molecule has 3 nitrogen and oxygen atoms in total. The third-order valence-electron chi connectivity index (χ3n) is 5.87. The topological polar surface area (TPSA) is 47.8 Å². The highest BCUT2D eigenvalue weighted by molar-refractivity contribution is 8.01. The van der Waals surface area contributed by atoms with Crippen molar-refractivity contribution >= 4 is 17.6 Å². The third kappa shape index (κ3) is 3.41. The molecule has 0 aromatic heterocycles. The van der Waals surface area contributed by atoms with Crippen LogP contribution < -0.4 is 10.0 Å². The summed E-state index contributed by atoms with van der Waals surface area (Å²) in [7, 11) is 0. The number of nitrogens with one attached hydrogen (secondary N) is 2. The van der Waals surface area contributed by atoms with Crippen molar-refractivity contribution in [3.05, 3.63) is 62.8 Å². The fraction of sp³-hybridized carbons (Fsp3) is 0.435. The van der Waals surface area contributed by atoms with Gasteiger partial charge in [-0.2, -0.15) is 5.26 Å². The quantitative estimate of drug-likeness (QED) is 0.640. The molecule has 0 saturated carbocycles. The van der Waals surface area contributed by atoms with Crippen LogP contribution in [-0.2, 0) is 25.7 Å². The number of fused-ring (bicyclic) bond motifs is 2. The molecule has 0 atom stereocenters. The number of hydrogen-bond acceptors (Lipinski definition) is 4. The lowest BCUT2D eigenvalue weighted by Gasteiger charge is -2.20. The zero-order valence-corrected chi connectivity index (χ0v) is 17.1. The minimum Gasteiger partial charge on any atom is -0.341 e. The number of rotatable bonds is 6. The van der Waals surface area contributed by atoms with Crippen LogP contribution in [0.4, 0.5) is 5.69 Å². The van der Waals surface area contributed by atoms with Crippen LogP contribution in [0, 0.1) is 17.2 Å². The maximum atomic E-state index is 9.69. The molecule has 27 heavy (non-hydrogen) atoms. The second-order valence-electron chi connectivity index (χ2n) is 7.96. The first-order valence-electron chi connectivity index (χ1n) is 9.97. The Morgan fingerprint density at radius 2 is 1.74 bits per heavy atom. The van der Waals surface area contributed by atoms with Gasteiger partial charge in [0.1, 0.15) is 5.82 Å². The minimum absolute atomic E-state index is 0.577. The van der Waals surface area contributed by atoms with Crippen LogP contribution in [-0.4, -0.2) is 0 Å². The molecule has 0 heterocycles. The van der Waals surface area contributed by atoms with E-state index in [0.29, 0.717) is 5.92 Å². The summed E-state index contributed by atoms with van der Waals surface area (Å²) in [6, 6.07) is 2.50. The molecule has 0 bridgehead atoms. The Morgan fingerprint density at radius 3 is 2.30 bits per heavy atom. The van der Waals surface area contributed by atoms with Gasteiger partial charge in [0.05, 0.1) is 11.6 Å². The molecule has 0 spiro atoms. The van der Waals surface area contributed by atoms with Gasteiger partial charge < -0.3 is 10.0 Å². The summed E-state index contributed by atoms with van der Waals surface area (Å²) in [4.78, 5) is 1.33. The molecule has 140 valence electrons. The predicted molar refractivity (Wildman–Crippen MR) is 114 cm³/mol. The lowest BCUT2D eigenvalue weighted by Crippen LogP contribution is -2.15. The van der Waals surface area contributed by atoms with Gasteiger partial charge in [-0.15, -0.1) is 0 Å². The first-order chi connectivity index (χ1) is 13.1. The minimum atomic E-state index is 0.577. The molecule has 0 amide bonds. The van der Waals surface area contributed by atoms with Gasteiger partial charge in [0, 0.05) is 10.6 Å². The Bertz CT molecular complexity index is 864. The average Bonchev–Trinajstić information content (AvgIpc) is 3.39. The maximum absolute atomic E-state index is 9.69. The van der Waals surface area contributed by atoms with Crippen molar-refractivity contribution in [2.75, 3.05) is 5.32 Å². The Morgan fingerprint density at radius 1 is 1.11 bits per heavy atom. The molecule has 3 aliphatic rings. The van der Waals surface area contributed by atoms with E-state index in [0.717, 1.165) is 56.3 Å². The maximum Gasteiger partial charge on any atom is 0.106 e. The largest absolute Gasteiger partial charge is 0.341 e. The SMILES string of the molecule is C=C(NSC1=CC(C(C)C)=CC1)Nc1c2c(c(C#N)c3c1CCC3)CCC2. The highest BCUT2D eigenvalue weighted by Crippen LogP contribution is 2.42. The van der Waals surface area contributed by atoms with Gasteiger partial charge in [-0.1, -0.05) is 26.5 Å². The van der Waals surface area contributed by atoms with Crippen LogP contribution >= 0.6 is 11.9 Å². The summed E-state index contributed by atoms with van der Waals surface area (Å²) in [5, 5.41) is 13.3. The van der Waals surface area contributed by atoms with Crippen molar-refractivity contribution in [3.63, 3.8) is 0 Å². The van der Waals surface area contributed by atoms with E-state index in [2.05, 4.69) is 48.7 Å². The van der Waals surface area contributed by atoms with E-state index in [4.69, 9.17) is 0 Å². The van der Waals surface area contributed by atoms with Gasteiger partial charge >= 0.3 is 0 Å². The van der Waals surface area contributed by atoms with E-state index in [1.807, 2.05) is 0 Å². The molecular formula is C23H27N3S. The van der Waals surface area contributed by atoms with Crippen LogP contribution in [0.15, 0.2) is 35.0 Å². The smallest absolute Gasteiger partial charge is 0.106 e. The Balaban J connectivity index is 1.50. The normalized spacial score (nSPS) is 17.3. The molecule has 2 N–H and O–H groups in total. The van der Waals surface area contributed by atoms with Gasteiger partial charge in [-0.05, 0) is 96.7 Å². The summed E-state index contributed by atoms with van der Waals surface area (Å²) >= 11 is 1.65. The monoisotopic (exact) mass is 377 g/mol. The third-order valence-corrected chi connectivity index (χ3v) is 6.76. The average molecular weight is 378 g/mol. The Kier molecular flexibility index (Phi) is 5.06. The summed E-state index contributed by atoms with van der Waals surface area (Å²) < 4.78 is 3.39. The molecular weight excluding hydrogens is 350 g/mol. The van der Waals surface area contributed by atoms with Gasteiger partial charge in [-0.25, -0.2) is 0 Å². The Hall–Kier alpha value is -2.12. The predicted octanol–water partition coefficient (Wildman–Crippen LogP) is 5.53. The fourth-order valence-electron chi connectivity index (χ4n) is 4.54. The molecule has 1 aromatic rings. The lowest BCUT2D eigenvalue weighted by atomic mass is 9.92. The summed E-state index contributed by atoms with van der Waals surface area (Å²) in [6.07, 6.45) is 12.1. The van der Waals surface area contributed by atoms with Crippen molar-refractivity contribution in [2.45, 2.75) is 58.8 Å². The highest BCUT2D eigenvalue weighted by Gasteiger charge is 2.28. The number of nitrogens with zero attached hydrogens (tertiary/aromatic N) is 1. The zero-order chi connectivity index (χ0) is 19.0. The summed E-state index contributed by atoms with van der Waals surface area (Å²) in [6.45, 7) is 8.67. The Labute approximate surface area is 166 Å². The van der Waals surface area contributed by atoms with Crippen LogP contribution in [0.3, 0.4) is 0 Å². The number of allylic oxidation sites excluding steroid dienone is 4. The molecule has 3 aliphatic carbocycles. The second kappa shape index (κ2) is 7.48.